The summed E-state index contributed by atoms with van der Waals surface area (Å²) >= 11 is 1.52. The van der Waals surface area contributed by atoms with Crippen LogP contribution in [0.1, 0.15) is 24.4 Å². The molecule has 0 bridgehead atoms. The van der Waals surface area contributed by atoms with E-state index in [-0.39, 0.29) is 17.5 Å². The van der Waals surface area contributed by atoms with Gasteiger partial charge in [0.25, 0.3) is 5.56 Å². The van der Waals surface area contributed by atoms with Crippen molar-refractivity contribution in [2.75, 3.05) is 17.2 Å². The largest absolute Gasteiger partial charge is 0.312 e. The van der Waals surface area contributed by atoms with Gasteiger partial charge in [0.1, 0.15) is 5.39 Å². The molecule has 0 aliphatic carbocycles. The zero-order valence-electron chi connectivity index (χ0n) is 14.0. The Balaban J connectivity index is 1.46. The van der Waals surface area contributed by atoms with Gasteiger partial charge in [-0.2, -0.15) is 5.10 Å². The van der Waals surface area contributed by atoms with E-state index in [1.165, 1.54) is 23.5 Å². The molecule has 0 saturated heterocycles. The van der Waals surface area contributed by atoms with Crippen LogP contribution in [0.15, 0.2) is 40.4 Å². The highest BCUT2D eigenvalue weighted by Crippen LogP contribution is 2.34. The molecule has 4 heterocycles. The number of H-pyrrole nitrogens is 1. The number of rotatable bonds is 2. The zero-order chi connectivity index (χ0) is 17.7. The molecule has 2 aromatic heterocycles. The Morgan fingerprint density at radius 1 is 1.35 bits per heavy atom. The van der Waals surface area contributed by atoms with E-state index in [0.717, 1.165) is 25.1 Å². The third-order valence-electron chi connectivity index (χ3n) is 5.07. The second-order valence-corrected chi connectivity index (χ2v) is 7.64. The van der Waals surface area contributed by atoms with E-state index in [1.807, 2.05) is 23.1 Å². The highest BCUT2D eigenvalue weighted by atomic mass is 32.2. The number of aromatic amines is 1. The second-order valence-electron chi connectivity index (χ2n) is 6.65. The summed E-state index contributed by atoms with van der Waals surface area (Å²) in [4.78, 5) is 32.1. The van der Waals surface area contributed by atoms with Gasteiger partial charge in [-0.05, 0) is 24.5 Å². The van der Waals surface area contributed by atoms with E-state index in [4.69, 9.17) is 0 Å². The second kappa shape index (κ2) is 5.98. The number of carbonyl (C=O) groups is 1. The summed E-state index contributed by atoms with van der Waals surface area (Å²) in [6, 6.07) is 7.90. The lowest BCUT2D eigenvalue weighted by Gasteiger charge is -2.30. The smallest absolute Gasteiger partial charge is 0.265 e. The molecule has 1 N–H and O–H groups in total. The predicted molar refractivity (Wildman–Crippen MR) is 99.6 cm³/mol. The number of nitrogens with zero attached hydrogens (tertiary/aromatic N) is 4. The molecule has 26 heavy (non-hydrogen) atoms. The topological polar surface area (TPSA) is 83.9 Å². The fourth-order valence-electron chi connectivity index (χ4n) is 3.81. The summed E-state index contributed by atoms with van der Waals surface area (Å²) < 4.78 is 1.66. The van der Waals surface area contributed by atoms with E-state index < -0.39 is 0 Å². The number of aryl methyl sites for hydroxylation is 1. The van der Waals surface area contributed by atoms with Gasteiger partial charge >= 0.3 is 0 Å². The van der Waals surface area contributed by atoms with Crippen LogP contribution in [0, 0.1) is 0 Å². The van der Waals surface area contributed by atoms with Crippen LogP contribution in [0.25, 0.3) is 11.0 Å². The van der Waals surface area contributed by atoms with Crippen LogP contribution in [0.2, 0.25) is 0 Å². The van der Waals surface area contributed by atoms with Crippen molar-refractivity contribution in [2.24, 2.45) is 0 Å². The molecule has 132 valence electrons. The third-order valence-corrected chi connectivity index (χ3v) is 6.17. The van der Waals surface area contributed by atoms with Crippen LogP contribution in [-0.4, -0.2) is 38.0 Å². The average Bonchev–Trinajstić information content (AvgIpc) is 3.29. The summed E-state index contributed by atoms with van der Waals surface area (Å²) in [5.41, 5.74) is 2.60. The van der Waals surface area contributed by atoms with Gasteiger partial charge in [-0.3, -0.25) is 19.3 Å². The minimum atomic E-state index is -0.170. The Morgan fingerprint density at radius 3 is 3.15 bits per heavy atom. The fourth-order valence-corrected chi connectivity index (χ4v) is 4.95. The zero-order valence-corrected chi connectivity index (χ0v) is 14.8. The molecular formula is C18H17N5O2S. The number of benzene rings is 1. The predicted octanol–water partition coefficient (Wildman–Crippen LogP) is 2.14. The minimum absolute atomic E-state index is 0.0646. The molecule has 1 unspecified atom stereocenters. The SMILES string of the molecule is O=C(CC1CSc2nc3[nH]ncc3c(=O)n21)N1CCCc2ccccc21. The van der Waals surface area contributed by atoms with Gasteiger partial charge in [0.05, 0.1) is 12.2 Å². The van der Waals surface area contributed by atoms with Crippen molar-refractivity contribution in [3.8, 4) is 0 Å². The van der Waals surface area contributed by atoms with E-state index in [2.05, 4.69) is 21.2 Å². The van der Waals surface area contributed by atoms with E-state index in [0.29, 0.717) is 28.4 Å². The third kappa shape index (κ3) is 2.36. The maximum absolute atomic E-state index is 13.0. The summed E-state index contributed by atoms with van der Waals surface area (Å²) in [6.07, 6.45) is 3.78. The molecule has 1 aromatic carbocycles. The molecule has 2 aliphatic heterocycles. The first-order valence-electron chi connectivity index (χ1n) is 8.69. The molecule has 0 fully saturated rings. The molecule has 1 amide bonds. The minimum Gasteiger partial charge on any atom is -0.312 e. The molecule has 3 aromatic rings. The van der Waals surface area contributed by atoms with Gasteiger partial charge < -0.3 is 4.90 Å². The number of hydrogen-bond donors (Lipinski definition) is 1. The molecule has 1 atom stereocenters. The normalized spacial score (nSPS) is 18.8. The highest BCUT2D eigenvalue weighted by molar-refractivity contribution is 7.99. The number of para-hydroxylation sites is 1. The first-order chi connectivity index (χ1) is 12.7. The molecule has 0 radical (unpaired) electrons. The number of hydrogen-bond acceptors (Lipinski definition) is 5. The van der Waals surface area contributed by atoms with Crippen molar-refractivity contribution in [1.82, 2.24) is 19.7 Å². The van der Waals surface area contributed by atoms with Crippen molar-refractivity contribution < 1.29 is 4.79 Å². The molecular weight excluding hydrogens is 350 g/mol. The highest BCUT2D eigenvalue weighted by Gasteiger charge is 2.31. The lowest BCUT2D eigenvalue weighted by atomic mass is 10.0. The number of fused-ring (bicyclic) bond motifs is 3. The van der Waals surface area contributed by atoms with Gasteiger partial charge in [-0.25, -0.2) is 4.98 Å². The number of anilines is 1. The Hall–Kier alpha value is -2.61. The maximum atomic E-state index is 13.0. The van der Waals surface area contributed by atoms with Crippen LogP contribution >= 0.6 is 11.8 Å². The Morgan fingerprint density at radius 2 is 2.23 bits per heavy atom. The maximum Gasteiger partial charge on any atom is 0.265 e. The molecule has 8 heteroatoms. The monoisotopic (exact) mass is 367 g/mol. The number of thioether (sulfide) groups is 1. The first-order valence-corrected chi connectivity index (χ1v) is 9.67. The summed E-state index contributed by atoms with van der Waals surface area (Å²) in [7, 11) is 0. The Labute approximate surface area is 153 Å². The van der Waals surface area contributed by atoms with Crippen molar-refractivity contribution in [3.63, 3.8) is 0 Å². The average molecular weight is 367 g/mol. The summed E-state index contributed by atoms with van der Waals surface area (Å²) in [5, 5.41) is 7.77. The van der Waals surface area contributed by atoms with Crippen molar-refractivity contribution in [2.45, 2.75) is 30.5 Å². The number of nitrogens with one attached hydrogen (secondary N) is 1. The van der Waals surface area contributed by atoms with Crippen LogP contribution in [0.4, 0.5) is 5.69 Å². The molecule has 0 spiro atoms. The van der Waals surface area contributed by atoms with Gasteiger partial charge in [0.15, 0.2) is 10.8 Å². The summed E-state index contributed by atoms with van der Waals surface area (Å²) in [5.74, 6) is 0.749. The standard InChI is InChI=1S/C18H17N5O2S/c24-15(22-7-3-5-11-4-1-2-6-14(11)22)8-12-10-26-18-20-16-13(9-19-21-16)17(25)23(12)18/h1-2,4,6,9,12H,3,5,7-8,10H2,(H,19,21). The molecule has 0 saturated carbocycles. The van der Waals surface area contributed by atoms with Crippen LogP contribution < -0.4 is 10.5 Å². The van der Waals surface area contributed by atoms with Crippen molar-refractivity contribution >= 4 is 34.4 Å². The molecule has 2 aliphatic rings. The number of carbonyl (C=O) groups excluding carboxylic acids is 1. The first kappa shape index (κ1) is 15.6. The Bertz CT molecular complexity index is 1070. The van der Waals surface area contributed by atoms with Crippen molar-refractivity contribution in [3.05, 3.63) is 46.4 Å². The lowest BCUT2D eigenvalue weighted by Crippen LogP contribution is -2.37. The van der Waals surface area contributed by atoms with Crippen molar-refractivity contribution in [1.29, 1.82) is 0 Å². The van der Waals surface area contributed by atoms with Gasteiger partial charge in [0.2, 0.25) is 5.91 Å². The quantitative estimate of drug-likeness (QED) is 0.702. The van der Waals surface area contributed by atoms with E-state index in [1.54, 1.807) is 4.57 Å². The number of amides is 1. The molecule has 7 nitrogen and oxygen atoms in total. The number of aromatic nitrogens is 4. The van der Waals surface area contributed by atoms with Crippen LogP contribution in [0.3, 0.4) is 0 Å². The van der Waals surface area contributed by atoms with Gasteiger partial charge in [-0.1, -0.05) is 30.0 Å². The van der Waals surface area contributed by atoms with E-state index in [9.17, 15) is 9.59 Å². The van der Waals surface area contributed by atoms with E-state index >= 15 is 0 Å². The van der Waals surface area contributed by atoms with Gasteiger partial charge in [-0.15, -0.1) is 0 Å². The van der Waals surface area contributed by atoms with Gasteiger partial charge in [0, 0.05) is 24.4 Å². The lowest BCUT2D eigenvalue weighted by molar-refractivity contribution is -0.119. The van der Waals surface area contributed by atoms with Crippen LogP contribution in [0.5, 0.6) is 0 Å². The fraction of sp³-hybridized carbons (Fsp3) is 0.333. The molecule has 5 rings (SSSR count). The summed E-state index contributed by atoms with van der Waals surface area (Å²) in [6.45, 7) is 0.733. The van der Waals surface area contributed by atoms with Crippen LogP contribution in [-0.2, 0) is 11.2 Å². The Kier molecular flexibility index (Phi) is 3.59.